The molecule has 24 heavy (non-hydrogen) atoms. The van der Waals surface area contributed by atoms with Crippen molar-refractivity contribution < 1.29 is 14.3 Å². The van der Waals surface area contributed by atoms with Gasteiger partial charge in [-0.2, -0.15) is 0 Å². The van der Waals surface area contributed by atoms with Crippen LogP contribution >= 0.6 is 0 Å². The second-order valence-corrected chi connectivity index (χ2v) is 6.47. The van der Waals surface area contributed by atoms with Gasteiger partial charge in [0.05, 0.1) is 18.8 Å². The molecule has 5 heteroatoms. The highest BCUT2D eigenvalue weighted by Crippen LogP contribution is 2.16. The summed E-state index contributed by atoms with van der Waals surface area (Å²) in [5.41, 5.74) is 1.50. The molecule has 0 spiro atoms. The zero-order valence-electron chi connectivity index (χ0n) is 14.2. The van der Waals surface area contributed by atoms with Gasteiger partial charge in [-0.1, -0.05) is 30.3 Å². The summed E-state index contributed by atoms with van der Waals surface area (Å²) < 4.78 is 5.49. The van der Waals surface area contributed by atoms with Crippen molar-refractivity contribution in [2.75, 3.05) is 0 Å². The fourth-order valence-electron chi connectivity index (χ4n) is 2.20. The van der Waals surface area contributed by atoms with E-state index in [1.54, 1.807) is 23.2 Å². The van der Waals surface area contributed by atoms with Crippen molar-refractivity contribution in [2.45, 2.75) is 39.5 Å². The molecule has 0 fully saturated rings. The van der Waals surface area contributed by atoms with Crippen LogP contribution in [-0.2, 0) is 17.8 Å². The second kappa shape index (κ2) is 7.73. The van der Waals surface area contributed by atoms with Crippen molar-refractivity contribution in [3.8, 4) is 0 Å². The summed E-state index contributed by atoms with van der Waals surface area (Å²) in [6.45, 7) is 6.05. The van der Waals surface area contributed by atoms with Crippen LogP contribution in [-0.4, -0.2) is 27.9 Å². The van der Waals surface area contributed by atoms with Crippen molar-refractivity contribution in [3.05, 3.63) is 65.5 Å². The predicted molar refractivity (Wildman–Crippen MR) is 91.5 cm³/mol. The number of aldehydes is 1. The molecule has 0 N–H and O–H groups in total. The van der Waals surface area contributed by atoms with Crippen LogP contribution in [0.15, 0.2) is 48.7 Å². The summed E-state index contributed by atoms with van der Waals surface area (Å²) in [5.74, 6) is 0. The van der Waals surface area contributed by atoms with Crippen LogP contribution in [0.4, 0.5) is 4.79 Å². The highest BCUT2D eigenvalue weighted by Gasteiger charge is 2.23. The molecule has 1 heterocycles. The molecule has 126 valence electrons. The third-order valence-electron chi connectivity index (χ3n) is 3.27. The Morgan fingerprint density at radius 3 is 2.46 bits per heavy atom. The van der Waals surface area contributed by atoms with E-state index in [1.165, 1.54) is 0 Å². The first-order chi connectivity index (χ1) is 11.4. The number of hydrogen-bond donors (Lipinski definition) is 0. The number of hydrogen-bond acceptors (Lipinski definition) is 4. The summed E-state index contributed by atoms with van der Waals surface area (Å²) in [6.07, 6.45) is 2.04. The fraction of sp³-hybridized carbons (Fsp3) is 0.316. The first kappa shape index (κ1) is 17.7. The van der Waals surface area contributed by atoms with Crippen molar-refractivity contribution in [1.82, 2.24) is 9.88 Å². The summed E-state index contributed by atoms with van der Waals surface area (Å²) in [5, 5.41) is 0. The molecule has 0 saturated carbocycles. The lowest BCUT2D eigenvalue weighted by Gasteiger charge is -2.27. The number of aromatic nitrogens is 1. The minimum Gasteiger partial charge on any atom is -0.444 e. The van der Waals surface area contributed by atoms with Crippen LogP contribution in [0.1, 0.15) is 42.4 Å². The van der Waals surface area contributed by atoms with Gasteiger partial charge in [0.25, 0.3) is 0 Å². The second-order valence-electron chi connectivity index (χ2n) is 6.47. The number of carbonyl (C=O) groups is 2. The number of nitrogens with zero attached hydrogens (tertiary/aromatic N) is 2. The molecule has 0 saturated heterocycles. The SMILES string of the molecule is CC(C)(C)OC(=O)N(Cc1ccccn1)Cc1ccccc1C=O. The highest BCUT2D eigenvalue weighted by molar-refractivity contribution is 5.77. The Morgan fingerprint density at radius 2 is 1.83 bits per heavy atom. The van der Waals surface area contributed by atoms with E-state index in [2.05, 4.69) is 4.98 Å². The summed E-state index contributed by atoms with van der Waals surface area (Å²) in [6, 6.07) is 12.7. The molecular formula is C19H22N2O3. The maximum absolute atomic E-state index is 12.6. The number of rotatable bonds is 5. The molecule has 0 atom stereocenters. The van der Waals surface area contributed by atoms with Crippen molar-refractivity contribution >= 4 is 12.4 Å². The van der Waals surface area contributed by atoms with Gasteiger partial charge in [0.15, 0.2) is 0 Å². The zero-order chi connectivity index (χ0) is 17.6. The largest absolute Gasteiger partial charge is 0.444 e. The molecule has 5 nitrogen and oxygen atoms in total. The van der Waals surface area contributed by atoms with Gasteiger partial charge in [-0.25, -0.2) is 4.79 Å². The van der Waals surface area contributed by atoms with Gasteiger partial charge in [0, 0.05) is 11.8 Å². The molecule has 2 rings (SSSR count). The van der Waals surface area contributed by atoms with Crippen LogP contribution in [0.2, 0.25) is 0 Å². The molecule has 0 bridgehead atoms. The Kier molecular flexibility index (Phi) is 5.68. The van der Waals surface area contributed by atoms with E-state index in [9.17, 15) is 9.59 Å². The molecule has 1 aromatic heterocycles. The highest BCUT2D eigenvalue weighted by atomic mass is 16.6. The third-order valence-corrected chi connectivity index (χ3v) is 3.27. The lowest BCUT2D eigenvalue weighted by Crippen LogP contribution is -2.36. The van der Waals surface area contributed by atoms with Crippen molar-refractivity contribution in [2.24, 2.45) is 0 Å². The molecule has 0 unspecified atom stereocenters. The van der Waals surface area contributed by atoms with Crippen LogP contribution in [0.25, 0.3) is 0 Å². The quantitative estimate of drug-likeness (QED) is 0.784. The van der Waals surface area contributed by atoms with E-state index in [4.69, 9.17) is 4.74 Å². The van der Waals surface area contributed by atoms with Gasteiger partial charge >= 0.3 is 6.09 Å². The van der Waals surface area contributed by atoms with Crippen LogP contribution in [0.5, 0.6) is 0 Å². The van der Waals surface area contributed by atoms with Gasteiger partial charge in [-0.3, -0.25) is 14.7 Å². The van der Waals surface area contributed by atoms with Crippen LogP contribution in [0, 0.1) is 0 Å². The Morgan fingerprint density at radius 1 is 1.12 bits per heavy atom. The Hall–Kier alpha value is -2.69. The molecule has 2 aromatic rings. The smallest absolute Gasteiger partial charge is 0.410 e. The zero-order valence-corrected chi connectivity index (χ0v) is 14.2. The Labute approximate surface area is 142 Å². The summed E-state index contributed by atoms with van der Waals surface area (Å²) >= 11 is 0. The van der Waals surface area contributed by atoms with E-state index in [0.29, 0.717) is 12.1 Å². The van der Waals surface area contributed by atoms with Crippen molar-refractivity contribution in [3.63, 3.8) is 0 Å². The maximum atomic E-state index is 12.6. The molecule has 0 aliphatic heterocycles. The van der Waals surface area contributed by atoms with Crippen LogP contribution in [0.3, 0.4) is 0 Å². The lowest BCUT2D eigenvalue weighted by molar-refractivity contribution is 0.0213. The number of carbonyl (C=O) groups excluding carboxylic acids is 2. The van der Waals surface area contributed by atoms with E-state index < -0.39 is 11.7 Å². The number of ether oxygens (including phenoxy) is 1. The lowest BCUT2D eigenvalue weighted by atomic mass is 10.1. The average Bonchev–Trinajstić information content (AvgIpc) is 2.54. The molecule has 0 aliphatic carbocycles. The first-order valence-corrected chi connectivity index (χ1v) is 7.80. The van der Waals surface area contributed by atoms with E-state index in [1.807, 2.05) is 51.1 Å². The van der Waals surface area contributed by atoms with Gasteiger partial charge in [0.2, 0.25) is 0 Å². The van der Waals surface area contributed by atoms with Gasteiger partial charge in [-0.15, -0.1) is 0 Å². The molecule has 0 radical (unpaired) electrons. The number of amides is 1. The maximum Gasteiger partial charge on any atom is 0.410 e. The summed E-state index contributed by atoms with van der Waals surface area (Å²) in [7, 11) is 0. The number of pyridine rings is 1. The summed E-state index contributed by atoms with van der Waals surface area (Å²) in [4.78, 5) is 29.6. The van der Waals surface area contributed by atoms with Gasteiger partial charge < -0.3 is 4.74 Å². The first-order valence-electron chi connectivity index (χ1n) is 7.80. The Bertz CT molecular complexity index is 693. The van der Waals surface area contributed by atoms with E-state index >= 15 is 0 Å². The van der Waals surface area contributed by atoms with Crippen LogP contribution < -0.4 is 0 Å². The number of benzene rings is 1. The van der Waals surface area contributed by atoms with E-state index in [-0.39, 0.29) is 6.54 Å². The van der Waals surface area contributed by atoms with Gasteiger partial charge in [-0.05, 0) is 38.5 Å². The average molecular weight is 326 g/mol. The topological polar surface area (TPSA) is 59.5 Å². The minimum atomic E-state index is -0.594. The normalized spacial score (nSPS) is 11.0. The predicted octanol–water partition coefficient (Wildman–Crippen LogP) is 3.83. The molecule has 1 aromatic carbocycles. The fourth-order valence-corrected chi connectivity index (χ4v) is 2.20. The standard InChI is InChI=1S/C19H22N2O3/c1-19(2,3)24-18(23)21(13-17-10-6-7-11-20-17)12-15-8-4-5-9-16(15)14-22/h4-11,14H,12-13H2,1-3H3. The molecular weight excluding hydrogens is 304 g/mol. The minimum absolute atomic E-state index is 0.278. The third kappa shape index (κ3) is 5.19. The Balaban J connectivity index is 2.24. The molecule has 0 aliphatic rings. The molecule has 1 amide bonds. The van der Waals surface area contributed by atoms with Crippen molar-refractivity contribution in [1.29, 1.82) is 0 Å². The van der Waals surface area contributed by atoms with Gasteiger partial charge in [0.1, 0.15) is 11.9 Å². The monoisotopic (exact) mass is 326 g/mol. The van der Waals surface area contributed by atoms with E-state index in [0.717, 1.165) is 17.5 Å².